The molecule has 0 bridgehead atoms. The van der Waals surface area contributed by atoms with E-state index in [1.807, 2.05) is 67.6 Å². The molecule has 5 rings (SSSR count). The van der Waals surface area contributed by atoms with Gasteiger partial charge in [-0.3, -0.25) is 0 Å². The number of thioether (sulfide) groups is 1. The van der Waals surface area contributed by atoms with Crippen LogP contribution in [-0.2, 0) is 61.5 Å². The first-order chi connectivity index (χ1) is 28.1. The zero-order chi connectivity index (χ0) is 44.0. The van der Waals surface area contributed by atoms with Crippen molar-refractivity contribution in [3.8, 4) is 0 Å². The first kappa shape index (κ1) is 47.9. The van der Waals surface area contributed by atoms with Gasteiger partial charge < -0.3 is 0 Å². The molecular formula is C43H56O13S2SeSi. The third-order valence-electron chi connectivity index (χ3n) is 10.5. The number of esters is 3. The maximum atomic E-state index is 13.6. The molecule has 0 amide bonds. The predicted molar refractivity (Wildman–Crippen MR) is 229 cm³/mol. The van der Waals surface area contributed by atoms with E-state index in [0.717, 1.165) is 14.9 Å². The third-order valence-corrected chi connectivity index (χ3v) is 20.3. The van der Waals surface area contributed by atoms with E-state index in [4.69, 9.17) is 37.0 Å². The molecule has 0 aliphatic carbocycles. The molecule has 3 aromatic carbocycles. The number of carbonyl (C=O) groups is 3. The molecule has 328 valence electrons. The Bertz CT molecular complexity index is 2020. The summed E-state index contributed by atoms with van der Waals surface area (Å²) >= 11 is 0.889. The van der Waals surface area contributed by atoms with Gasteiger partial charge in [0.05, 0.1) is 0 Å². The van der Waals surface area contributed by atoms with Crippen molar-refractivity contribution >= 4 is 67.5 Å². The summed E-state index contributed by atoms with van der Waals surface area (Å²) in [7, 11) is -7.05. The van der Waals surface area contributed by atoms with Crippen LogP contribution in [0.15, 0.2) is 94.7 Å². The number of hydrogen-bond acceptors (Lipinski definition) is 14. The number of rotatable bonds is 15. The van der Waals surface area contributed by atoms with Crippen molar-refractivity contribution in [2.75, 3.05) is 6.61 Å². The molecule has 0 aromatic heterocycles. The molecule has 2 aliphatic heterocycles. The summed E-state index contributed by atoms with van der Waals surface area (Å²) in [6.45, 7) is 17.2. The monoisotopic (exact) mass is 952 g/mol. The van der Waals surface area contributed by atoms with Crippen molar-refractivity contribution in [1.29, 1.82) is 0 Å². The SMILES string of the molecule is CC(=O)O[C@@H]1O[C@H](C)[C@H](OC(C)=O)[C@H](O[C@@H]2O[C@H](COS(=O)(=O)c3ccc(C)cc3)[C@@H](OC(C)=O)[C@H](O[Si](C)(C)C(C)(C)C)[C@H]2Sc2ccccc2)[C@H]1[Se]c1ccccc1. The summed E-state index contributed by atoms with van der Waals surface area (Å²) in [5.41, 5.74) is 0.865. The minimum atomic E-state index is -4.32. The minimum absolute atomic E-state index is 0.0600. The van der Waals surface area contributed by atoms with Crippen LogP contribution in [0.4, 0.5) is 0 Å². The Hall–Kier alpha value is -3.09. The first-order valence-electron chi connectivity index (χ1n) is 19.7. The molecule has 2 heterocycles. The fourth-order valence-corrected chi connectivity index (χ4v) is 12.6. The van der Waals surface area contributed by atoms with Gasteiger partial charge >= 0.3 is 355 Å². The molecule has 60 heavy (non-hydrogen) atoms. The van der Waals surface area contributed by atoms with Crippen LogP contribution in [0.5, 0.6) is 0 Å². The summed E-state index contributed by atoms with van der Waals surface area (Å²) < 4.78 is 79.2. The van der Waals surface area contributed by atoms with E-state index in [1.165, 1.54) is 44.7 Å². The third kappa shape index (κ3) is 12.5. The maximum absolute atomic E-state index is 13.6. The van der Waals surface area contributed by atoms with Crippen molar-refractivity contribution in [2.45, 2.75) is 143 Å². The summed E-state index contributed by atoms with van der Waals surface area (Å²) in [6.07, 6.45) is -8.49. The van der Waals surface area contributed by atoms with E-state index in [9.17, 15) is 22.8 Å². The zero-order valence-corrected chi connectivity index (χ0v) is 39.9. The molecule has 2 aliphatic rings. The van der Waals surface area contributed by atoms with E-state index in [0.29, 0.717) is 0 Å². The molecule has 0 unspecified atom stereocenters. The van der Waals surface area contributed by atoms with Crippen LogP contribution in [0.2, 0.25) is 22.9 Å². The van der Waals surface area contributed by atoms with Gasteiger partial charge in [0.25, 0.3) is 0 Å². The molecule has 2 saturated heterocycles. The summed E-state index contributed by atoms with van der Waals surface area (Å²) in [6, 6.07) is 25.3. The van der Waals surface area contributed by atoms with Gasteiger partial charge in [0.2, 0.25) is 0 Å². The van der Waals surface area contributed by atoms with Gasteiger partial charge in [-0.05, 0) is 6.92 Å². The van der Waals surface area contributed by atoms with Gasteiger partial charge in [-0.2, -0.15) is 0 Å². The van der Waals surface area contributed by atoms with E-state index in [-0.39, 0.29) is 9.93 Å². The van der Waals surface area contributed by atoms with E-state index in [1.54, 1.807) is 19.1 Å². The fourth-order valence-electron chi connectivity index (χ4n) is 6.50. The Morgan fingerprint density at radius 2 is 1.32 bits per heavy atom. The Balaban J connectivity index is 1.67. The first-order valence-corrected chi connectivity index (χ1v) is 26.7. The van der Waals surface area contributed by atoms with E-state index < -0.39 is 117 Å². The second-order valence-corrected chi connectivity index (χ2v) is 26.5. The normalized spacial score (nSPS) is 27.4. The average Bonchev–Trinajstić information content (AvgIpc) is 3.16. The van der Waals surface area contributed by atoms with Gasteiger partial charge in [0.1, 0.15) is 0 Å². The number of ether oxygens (including phenoxy) is 6. The topological polar surface area (TPSA) is 159 Å². The van der Waals surface area contributed by atoms with Crippen molar-refractivity contribution < 1.29 is 59.8 Å². The molecule has 0 radical (unpaired) electrons. The molecule has 3 aromatic rings. The number of carbonyl (C=O) groups excluding carboxylic acids is 3. The van der Waals surface area contributed by atoms with Crippen LogP contribution in [0.1, 0.15) is 54.0 Å². The van der Waals surface area contributed by atoms with Crippen LogP contribution < -0.4 is 4.46 Å². The Morgan fingerprint density at radius 3 is 1.88 bits per heavy atom. The molecular weight excluding hydrogens is 896 g/mol. The van der Waals surface area contributed by atoms with Gasteiger partial charge in [-0.15, -0.1) is 0 Å². The molecule has 10 atom stereocenters. The van der Waals surface area contributed by atoms with Crippen molar-refractivity contribution in [3.05, 3.63) is 90.5 Å². The molecule has 0 N–H and O–H groups in total. The van der Waals surface area contributed by atoms with Crippen molar-refractivity contribution in [2.24, 2.45) is 0 Å². The van der Waals surface area contributed by atoms with Gasteiger partial charge in [-0.25, -0.2) is 0 Å². The van der Waals surface area contributed by atoms with Crippen LogP contribution in [0.3, 0.4) is 0 Å². The Morgan fingerprint density at radius 1 is 0.750 bits per heavy atom. The van der Waals surface area contributed by atoms with Gasteiger partial charge in [-0.1, -0.05) is 5.56 Å². The molecule has 0 spiro atoms. The summed E-state index contributed by atoms with van der Waals surface area (Å²) in [5.74, 6) is -1.79. The Labute approximate surface area is 365 Å². The zero-order valence-electron chi connectivity index (χ0n) is 35.6. The Kier molecular flexibility index (Phi) is 16.3. The van der Waals surface area contributed by atoms with Crippen LogP contribution in [0.25, 0.3) is 0 Å². The number of aryl methyl sites for hydroxylation is 1. The van der Waals surface area contributed by atoms with Crippen LogP contribution >= 0.6 is 11.8 Å². The fraction of sp³-hybridized carbons (Fsp3) is 0.512. The molecule has 0 saturated carbocycles. The number of benzene rings is 3. The van der Waals surface area contributed by atoms with Gasteiger partial charge in [0, 0.05) is 0 Å². The quantitative estimate of drug-likeness (QED) is 0.0718. The van der Waals surface area contributed by atoms with Gasteiger partial charge in [0.15, 0.2) is 0 Å². The molecule has 13 nitrogen and oxygen atoms in total. The summed E-state index contributed by atoms with van der Waals surface area (Å²) in [4.78, 5) is 38.4. The number of hydrogen-bond donors (Lipinski definition) is 0. The second kappa shape index (κ2) is 20.4. The molecule has 17 heteroatoms. The van der Waals surface area contributed by atoms with Crippen LogP contribution in [0, 0.1) is 6.92 Å². The van der Waals surface area contributed by atoms with Crippen molar-refractivity contribution in [3.63, 3.8) is 0 Å². The summed E-state index contributed by atoms with van der Waals surface area (Å²) in [5, 5.41) is -1.09. The van der Waals surface area contributed by atoms with E-state index in [2.05, 4.69) is 33.9 Å². The average molecular weight is 952 g/mol. The van der Waals surface area contributed by atoms with Crippen LogP contribution in [-0.4, -0.2) is 111 Å². The standard InChI is InChI=1S/C43H56O13S2SeSi/c1-26-21-23-32(24-22-26)58(47,48)49-25-34-36(52-29(4)45)37(56-60(9,10)43(6,7)8)39(57-31-17-13-11-14-18-31)41(54-34)55-38-35(51-28(3)44)27(2)50-42(53-30(5)46)40(38)59-33-19-15-12-16-20-33/h11-24,27,34-42H,25H2,1-10H3/t27-,34-,35+,36-,37+,38+,39-,40-,41+,42+/m1/s1. The predicted octanol–water partition coefficient (Wildman–Crippen LogP) is 6.35. The molecule has 2 fully saturated rings. The van der Waals surface area contributed by atoms with Crippen molar-refractivity contribution in [1.82, 2.24) is 0 Å². The van der Waals surface area contributed by atoms with E-state index >= 15 is 0 Å². The second-order valence-electron chi connectivity index (χ2n) is 16.3.